The molecule has 0 saturated heterocycles. The summed E-state index contributed by atoms with van der Waals surface area (Å²) in [5.74, 6) is 0. The standard InChI is InChI=1S/C17H20N2O3/c1-17(2,3)19-11-7-10-14(15(19)20)18-16(21)22-12-13-8-5-4-6-9-13/h4-11H,12H2,1-3H3,(H,18,21). The van der Waals surface area contributed by atoms with Crippen molar-refractivity contribution in [2.45, 2.75) is 32.9 Å². The monoisotopic (exact) mass is 300 g/mol. The predicted octanol–water partition coefficient (Wildman–Crippen LogP) is 3.35. The molecule has 0 saturated carbocycles. The summed E-state index contributed by atoms with van der Waals surface area (Å²) in [7, 11) is 0. The number of ether oxygens (including phenoxy) is 1. The van der Waals surface area contributed by atoms with E-state index in [0.29, 0.717) is 0 Å². The molecular weight excluding hydrogens is 280 g/mol. The van der Waals surface area contributed by atoms with Crippen molar-refractivity contribution in [3.63, 3.8) is 0 Å². The molecule has 0 spiro atoms. The molecule has 2 rings (SSSR count). The van der Waals surface area contributed by atoms with E-state index in [1.54, 1.807) is 22.9 Å². The highest BCUT2D eigenvalue weighted by Crippen LogP contribution is 2.12. The van der Waals surface area contributed by atoms with Crippen LogP contribution in [0.2, 0.25) is 0 Å². The Balaban J connectivity index is 2.05. The maximum Gasteiger partial charge on any atom is 0.412 e. The smallest absolute Gasteiger partial charge is 0.412 e. The normalized spacial score (nSPS) is 11.0. The highest BCUT2D eigenvalue weighted by atomic mass is 16.5. The second kappa shape index (κ2) is 6.47. The topological polar surface area (TPSA) is 60.3 Å². The van der Waals surface area contributed by atoms with Crippen LogP contribution in [0, 0.1) is 0 Å². The van der Waals surface area contributed by atoms with Gasteiger partial charge in [-0.05, 0) is 38.5 Å². The van der Waals surface area contributed by atoms with Gasteiger partial charge >= 0.3 is 6.09 Å². The molecule has 2 aromatic rings. The fourth-order valence-electron chi connectivity index (χ4n) is 1.99. The Labute approximate surface area is 129 Å². The van der Waals surface area contributed by atoms with Gasteiger partial charge in [0.1, 0.15) is 12.3 Å². The van der Waals surface area contributed by atoms with Gasteiger partial charge in [-0.2, -0.15) is 0 Å². The van der Waals surface area contributed by atoms with Crippen molar-refractivity contribution in [2.24, 2.45) is 0 Å². The van der Waals surface area contributed by atoms with Crippen LogP contribution in [0.4, 0.5) is 10.5 Å². The average molecular weight is 300 g/mol. The molecule has 5 heteroatoms. The average Bonchev–Trinajstić information content (AvgIpc) is 2.47. The van der Waals surface area contributed by atoms with E-state index in [1.165, 1.54) is 0 Å². The van der Waals surface area contributed by atoms with Crippen molar-refractivity contribution < 1.29 is 9.53 Å². The summed E-state index contributed by atoms with van der Waals surface area (Å²) in [6.07, 6.45) is 1.05. The summed E-state index contributed by atoms with van der Waals surface area (Å²) >= 11 is 0. The van der Waals surface area contributed by atoms with Crippen molar-refractivity contribution in [2.75, 3.05) is 5.32 Å². The van der Waals surface area contributed by atoms with Gasteiger partial charge in [-0.3, -0.25) is 10.1 Å². The van der Waals surface area contributed by atoms with Crippen molar-refractivity contribution >= 4 is 11.8 Å². The highest BCUT2D eigenvalue weighted by Gasteiger charge is 2.17. The third kappa shape index (κ3) is 3.97. The number of nitrogens with zero attached hydrogens (tertiary/aromatic N) is 1. The Hall–Kier alpha value is -2.56. The van der Waals surface area contributed by atoms with E-state index >= 15 is 0 Å². The summed E-state index contributed by atoms with van der Waals surface area (Å²) < 4.78 is 6.68. The molecule has 0 aliphatic carbocycles. The molecule has 1 aromatic heterocycles. The summed E-state index contributed by atoms with van der Waals surface area (Å²) in [5.41, 5.74) is 0.475. The minimum atomic E-state index is -0.646. The predicted molar refractivity (Wildman–Crippen MR) is 85.9 cm³/mol. The van der Waals surface area contributed by atoms with E-state index in [-0.39, 0.29) is 23.4 Å². The first kappa shape index (κ1) is 15.8. The lowest BCUT2D eigenvalue weighted by Gasteiger charge is -2.22. The maximum absolute atomic E-state index is 12.3. The van der Waals surface area contributed by atoms with Gasteiger partial charge < -0.3 is 9.30 Å². The number of hydrogen-bond acceptors (Lipinski definition) is 3. The van der Waals surface area contributed by atoms with Crippen LogP contribution in [-0.2, 0) is 16.9 Å². The van der Waals surface area contributed by atoms with Gasteiger partial charge in [0.2, 0.25) is 0 Å². The van der Waals surface area contributed by atoms with Crippen LogP contribution in [0.5, 0.6) is 0 Å². The van der Waals surface area contributed by atoms with Crippen LogP contribution in [0.3, 0.4) is 0 Å². The molecule has 116 valence electrons. The first-order chi connectivity index (χ1) is 10.4. The highest BCUT2D eigenvalue weighted by molar-refractivity contribution is 5.84. The van der Waals surface area contributed by atoms with Crippen LogP contribution < -0.4 is 10.9 Å². The lowest BCUT2D eigenvalue weighted by atomic mass is 10.1. The van der Waals surface area contributed by atoms with Crippen molar-refractivity contribution in [3.05, 3.63) is 64.6 Å². The molecule has 0 unspecified atom stereocenters. The molecule has 22 heavy (non-hydrogen) atoms. The van der Waals surface area contributed by atoms with Gasteiger partial charge in [0.05, 0.1) is 0 Å². The van der Waals surface area contributed by atoms with Gasteiger partial charge in [0, 0.05) is 11.7 Å². The Bertz CT molecular complexity index is 700. The van der Waals surface area contributed by atoms with E-state index in [0.717, 1.165) is 5.56 Å². The molecule has 0 radical (unpaired) electrons. The number of rotatable bonds is 3. The van der Waals surface area contributed by atoms with Crippen LogP contribution in [-0.4, -0.2) is 10.7 Å². The minimum Gasteiger partial charge on any atom is -0.444 e. The van der Waals surface area contributed by atoms with E-state index in [4.69, 9.17) is 4.74 Å². The molecule has 0 aliphatic rings. The first-order valence-corrected chi connectivity index (χ1v) is 7.08. The second-order valence-electron chi connectivity index (χ2n) is 5.95. The van der Waals surface area contributed by atoms with E-state index in [9.17, 15) is 9.59 Å². The van der Waals surface area contributed by atoms with Crippen molar-refractivity contribution in [3.8, 4) is 0 Å². The molecule has 5 nitrogen and oxygen atoms in total. The molecule has 1 N–H and O–H groups in total. The SMILES string of the molecule is CC(C)(C)n1cccc(NC(=O)OCc2ccccc2)c1=O. The van der Waals surface area contributed by atoms with Crippen molar-refractivity contribution in [1.29, 1.82) is 0 Å². The Morgan fingerprint density at radius 2 is 1.82 bits per heavy atom. The first-order valence-electron chi connectivity index (χ1n) is 7.08. The number of benzene rings is 1. The number of carbonyl (C=O) groups is 1. The molecular formula is C17H20N2O3. The summed E-state index contributed by atoms with van der Waals surface area (Å²) in [6.45, 7) is 5.93. The zero-order valence-corrected chi connectivity index (χ0v) is 13.0. The molecule has 1 heterocycles. The number of hydrogen-bond donors (Lipinski definition) is 1. The second-order valence-corrected chi connectivity index (χ2v) is 5.95. The molecule has 1 amide bonds. The Kier molecular flexibility index (Phi) is 4.65. The van der Waals surface area contributed by atoms with Gasteiger partial charge in [-0.15, -0.1) is 0 Å². The molecule has 0 aliphatic heterocycles. The number of anilines is 1. The van der Waals surface area contributed by atoms with Crippen LogP contribution >= 0.6 is 0 Å². The summed E-state index contributed by atoms with van der Waals surface area (Å²) in [5, 5.41) is 2.50. The zero-order valence-electron chi connectivity index (χ0n) is 13.0. The zero-order chi connectivity index (χ0) is 16.2. The van der Waals surface area contributed by atoms with Gasteiger partial charge in [0.15, 0.2) is 0 Å². The third-order valence-electron chi connectivity index (χ3n) is 3.12. The summed E-state index contributed by atoms with van der Waals surface area (Å²) in [6, 6.07) is 12.6. The molecule has 0 bridgehead atoms. The number of pyridine rings is 1. The fourth-order valence-corrected chi connectivity index (χ4v) is 1.99. The van der Waals surface area contributed by atoms with Gasteiger partial charge in [-0.25, -0.2) is 4.79 Å². The number of carbonyl (C=O) groups excluding carboxylic acids is 1. The van der Waals surface area contributed by atoms with Crippen LogP contribution in [0.15, 0.2) is 53.5 Å². The van der Waals surface area contributed by atoms with Crippen molar-refractivity contribution in [1.82, 2.24) is 4.57 Å². The Morgan fingerprint density at radius 1 is 1.14 bits per heavy atom. The number of amides is 1. The molecule has 1 aromatic carbocycles. The molecule has 0 atom stereocenters. The van der Waals surface area contributed by atoms with Gasteiger partial charge in [0.25, 0.3) is 5.56 Å². The maximum atomic E-state index is 12.3. The fraction of sp³-hybridized carbons (Fsp3) is 0.294. The quantitative estimate of drug-likeness (QED) is 0.945. The molecule has 0 fully saturated rings. The van der Waals surface area contributed by atoms with E-state index in [1.807, 2.05) is 51.1 Å². The van der Waals surface area contributed by atoms with E-state index in [2.05, 4.69) is 5.32 Å². The number of aromatic nitrogens is 1. The lowest BCUT2D eigenvalue weighted by Crippen LogP contribution is -2.35. The van der Waals surface area contributed by atoms with Gasteiger partial charge in [-0.1, -0.05) is 30.3 Å². The largest absolute Gasteiger partial charge is 0.444 e. The van der Waals surface area contributed by atoms with E-state index < -0.39 is 6.09 Å². The third-order valence-corrected chi connectivity index (χ3v) is 3.12. The number of nitrogens with one attached hydrogen (secondary N) is 1. The minimum absolute atomic E-state index is 0.160. The Morgan fingerprint density at radius 3 is 2.45 bits per heavy atom. The lowest BCUT2D eigenvalue weighted by molar-refractivity contribution is 0.155. The summed E-state index contributed by atoms with van der Waals surface area (Å²) in [4.78, 5) is 24.1. The van der Waals surface area contributed by atoms with Crippen LogP contribution in [0.1, 0.15) is 26.3 Å². The van der Waals surface area contributed by atoms with Crippen LogP contribution in [0.25, 0.3) is 0 Å².